The van der Waals surface area contributed by atoms with Crippen LogP contribution in [-0.4, -0.2) is 81.5 Å². The second kappa shape index (κ2) is 7.51. The number of carbonyl (C=O) groups excluding carboxylic acids is 3. The molecule has 1 unspecified atom stereocenters. The first-order chi connectivity index (χ1) is 12.7. The van der Waals surface area contributed by atoms with Crippen molar-refractivity contribution in [2.24, 2.45) is 0 Å². The van der Waals surface area contributed by atoms with E-state index < -0.39 is 23.6 Å². The van der Waals surface area contributed by atoms with Crippen molar-refractivity contribution >= 4 is 18.0 Å². The van der Waals surface area contributed by atoms with E-state index in [1.165, 1.54) is 4.90 Å². The van der Waals surface area contributed by atoms with Crippen LogP contribution in [-0.2, 0) is 14.4 Å². The SMILES string of the molecule is CC(C)(C)OC(=O)N1CCC[C@H]1CONC(=O)C1CC[C@H]2CN1C(=O)N2O. The van der Waals surface area contributed by atoms with Gasteiger partial charge in [-0.1, -0.05) is 0 Å². The van der Waals surface area contributed by atoms with E-state index in [2.05, 4.69) is 5.48 Å². The monoisotopic (exact) mass is 384 g/mol. The molecule has 3 aliphatic rings. The van der Waals surface area contributed by atoms with Gasteiger partial charge in [0.1, 0.15) is 11.6 Å². The quantitative estimate of drug-likeness (QED) is 0.554. The van der Waals surface area contributed by atoms with Crippen molar-refractivity contribution in [2.75, 3.05) is 19.7 Å². The van der Waals surface area contributed by atoms with Crippen molar-refractivity contribution in [1.82, 2.24) is 20.3 Å². The van der Waals surface area contributed by atoms with Gasteiger partial charge in [-0.2, -0.15) is 0 Å². The number of amides is 4. The van der Waals surface area contributed by atoms with Crippen molar-refractivity contribution < 1.29 is 29.2 Å². The fourth-order valence-corrected chi connectivity index (χ4v) is 3.77. The summed E-state index contributed by atoms with van der Waals surface area (Å²) in [5.74, 6) is -0.418. The number of hydrogen-bond donors (Lipinski definition) is 2. The number of rotatable bonds is 4. The summed E-state index contributed by atoms with van der Waals surface area (Å²) in [7, 11) is 0. The average Bonchev–Trinajstić information content (AvgIpc) is 3.14. The Kier molecular flexibility index (Phi) is 5.48. The topological polar surface area (TPSA) is 112 Å². The van der Waals surface area contributed by atoms with E-state index in [1.54, 1.807) is 4.90 Å². The lowest BCUT2D eigenvalue weighted by molar-refractivity contribution is -0.140. The van der Waals surface area contributed by atoms with Crippen LogP contribution in [0.2, 0.25) is 0 Å². The van der Waals surface area contributed by atoms with Crippen LogP contribution in [0, 0.1) is 0 Å². The number of nitrogens with zero attached hydrogens (tertiary/aromatic N) is 3. The maximum Gasteiger partial charge on any atom is 0.410 e. The minimum absolute atomic E-state index is 0.153. The Morgan fingerprint density at radius 2 is 2.00 bits per heavy atom. The summed E-state index contributed by atoms with van der Waals surface area (Å²) in [5, 5.41) is 10.4. The number of piperidine rings is 1. The largest absolute Gasteiger partial charge is 0.444 e. The molecule has 4 amide bonds. The molecule has 0 aromatic carbocycles. The first-order valence-electron chi connectivity index (χ1n) is 9.37. The molecule has 3 fully saturated rings. The van der Waals surface area contributed by atoms with Gasteiger partial charge in [-0.3, -0.25) is 14.8 Å². The molecular formula is C17H28N4O6. The molecule has 10 nitrogen and oxygen atoms in total. The summed E-state index contributed by atoms with van der Waals surface area (Å²) in [6.07, 6.45) is 2.26. The van der Waals surface area contributed by atoms with Crippen LogP contribution in [0.5, 0.6) is 0 Å². The molecule has 0 aliphatic carbocycles. The molecule has 27 heavy (non-hydrogen) atoms. The van der Waals surface area contributed by atoms with Crippen molar-refractivity contribution in [3.8, 4) is 0 Å². The number of fused-ring (bicyclic) bond motifs is 2. The molecule has 3 atom stereocenters. The van der Waals surface area contributed by atoms with Crippen LogP contribution < -0.4 is 5.48 Å². The summed E-state index contributed by atoms with van der Waals surface area (Å²) in [6, 6.07) is -1.62. The molecule has 2 bridgehead atoms. The highest BCUT2D eigenvalue weighted by molar-refractivity contribution is 5.87. The molecule has 0 saturated carbocycles. The molecule has 3 aliphatic heterocycles. The maximum atomic E-state index is 12.4. The molecule has 10 heteroatoms. The van der Waals surface area contributed by atoms with Gasteiger partial charge in [-0.05, 0) is 46.5 Å². The Morgan fingerprint density at radius 3 is 2.70 bits per heavy atom. The van der Waals surface area contributed by atoms with Crippen LogP contribution in [0.3, 0.4) is 0 Å². The van der Waals surface area contributed by atoms with Gasteiger partial charge >= 0.3 is 12.1 Å². The molecule has 3 saturated heterocycles. The van der Waals surface area contributed by atoms with Gasteiger partial charge in [-0.15, -0.1) is 0 Å². The van der Waals surface area contributed by atoms with Gasteiger partial charge in [0.05, 0.1) is 18.7 Å². The number of hydroxylamine groups is 3. The Hall–Kier alpha value is -2.07. The van der Waals surface area contributed by atoms with Crippen LogP contribution in [0.25, 0.3) is 0 Å². The van der Waals surface area contributed by atoms with Crippen LogP contribution in [0.4, 0.5) is 9.59 Å². The van der Waals surface area contributed by atoms with Crippen molar-refractivity contribution in [2.45, 2.75) is 70.2 Å². The zero-order valence-corrected chi connectivity index (χ0v) is 16.0. The Labute approximate surface area is 158 Å². The molecule has 0 spiro atoms. The third-order valence-electron chi connectivity index (χ3n) is 5.10. The minimum Gasteiger partial charge on any atom is -0.444 e. The number of nitrogens with one attached hydrogen (secondary N) is 1. The number of carbonyl (C=O) groups is 3. The van der Waals surface area contributed by atoms with E-state index in [4.69, 9.17) is 9.57 Å². The normalized spacial score (nSPS) is 27.9. The summed E-state index contributed by atoms with van der Waals surface area (Å²) >= 11 is 0. The summed E-state index contributed by atoms with van der Waals surface area (Å²) in [5.41, 5.74) is 1.82. The lowest BCUT2D eigenvalue weighted by atomic mass is 10.0. The maximum absolute atomic E-state index is 12.4. The highest BCUT2D eigenvalue weighted by Crippen LogP contribution is 2.28. The van der Waals surface area contributed by atoms with E-state index in [0.29, 0.717) is 31.0 Å². The predicted octanol–water partition coefficient (Wildman–Crippen LogP) is 1.09. The number of hydrogen-bond acceptors (Lipinski definition) is 6. The molecule has 152 valence electrons. The average molecular weight is 384 g/mol. The van der Waals surface area contributed by atoms with Gasteiger partial charge in [0.25, 0.3) is 5.91 Å². The molecule has 0 radical (unpaired) electrons. The second-order valence-electron chi connectivity index (χ2n) is 8.27. The number of urea groups is 1. The van der Waals surface area contributed by atoms with Gasteiger partial charge < -0.3 is 14.5 Å². The number of ether oxygens (including phenoxy) is 1. The standard InChI is InChI=1S/C17H28N4O6/c1-17(2,3)27-16(24)19-8-4-5-12(19)10-26-18-14(22)13-7-6-11-9-20(13)15(23)21(11)25/h11-13,25H,4-10H2,1-3H3,(H,18,22)/t11-,12-,13?/m0/s1. The van der Waals surface area contributed by atoms with Crippen molar-refractivity contribution in [1.29, 1.82) is 0 Å². The Balaban J connectivity index is 1.47. The van der Waals surface area contributed by atoms with Gasteiger partial charge in [0, 0.05) is 13.1 Å². The predicted molar refractivity (Wildman–Crippen MR) is 92.6 cm³/mol. The zero-order chi connectivity index (χ0) is 19.8. The zero-order valence-electron chi connectivity index (χ0n) is 16.0. The third-order valence-corrected chi connectivity index (χ3v) is 5.10. The minimum atomic E-state index is -0.656. The fourth-order valence-electron chi connectivity index (χ4n) is 3.77. The molecule has 0 aromatic heterocycles. The molecular weight excluding hydrogens is 356 g/mol. The van der Waals surface area contributed by atoms with Gasteiger partial charge in [-0.25, -0.2) is 20.1 Å². The highest BCUT2D eigenvalue weighted by Gasteiger charge is 2.47. The smallest absolute Gasteiger partial charge is 0.410 e. The molecule has 3 rings (SSSR count). The summed E-state index contributed by atoms with van der Waals surface area (Å²) in [6.45, 7) is 6.52. The van der Waals surface area contributed by atoms with Crippen LogP contribution in [0.1, 0.15) is 46.5 Å². The van der Waals surface area contributed by atoms with E-state index in [0.717, 1.165) is 12.8 Å². The Bertz CT molecular complexity index is 607. The van der Waals surface area contributed by atoms with E-state index in [-0.39, 0.29) is 24.8 Å². The van der Waals surface area contributed by atoms with Crippen molar-refractivity contribution in [3.05, 3.63) is 0 Å². The molecule has 2 N–H and O–H groups in total. The van der Waals surface area contributed by atoms with E-state index in [1.807, 2.05) is 20.8 Å². The lowest BCUT2D eigenvalue weighted by Gasteiger charge is -2.30. The summed E-state index contributed by atoms with van der Waals surface area (Å²) in [4.78, 5) is 44.9. The first kappa shape index (κ1) is 19.7. The highest BCUT2D eigenvalue weighted by atomic mass is 16.7. The van der Waals surface area contributed by atoms with Gasteiger partial charge in [0.2, 0.25) is 0 Å². The number of likely N-dealkylation sites (tertiary alicyclic amines) is 1. The van der Waals surface area contributed by atoms with Gasteiger partial charge in [0.15, 0.2) is 0 Å². The van der Waals surface area contributed by atoms with Crippen LogP contribution in [0.15, 0.2) is 0 Å². The Morgan fingerprint density at radius 1 is 1.26 bits per heavy atom. The molecule has 3 heterocycles. The van der Waals surface area contributed by atoms with Crippen LogP contribution >= 0.6 is 0 Å². The van der Waals surface area contributed by atoms with E-state index >= 15 is 0 Å². The fraction of sp³-hybridized carbons (Fsp3) is 0.824. The lowest BCUT2D eigenvalue weighted by Crippen LogP contribution is -2.50. The third kappa shape index (κ3) is 4.27. The summed E-state index contributed by atoms with van der Waals surface area (Å²) < 4.78 is 5.40. The first-order valence-corrected chi connectivity index (χ1v) is 9.37. The van der Waals surface area contributed by atoms with Crippen molar-refractivity contribution in [3.63, 3.8) is 0 Å². The molecule has 0 aromatic rings. The second-order valence-corrected chi connectivity index (χ2v) is 8.27. The van der Waals surface area contributed by atoms with E-state index in [9.17, 15) is 19.6 Å².